The Labute approximate surface area is 95.4 Å². The molecule has 0 saturated carbocycles. The maximum atomic E-state index is 6.05. The van der Waals surface area contributed by atoms with E-state index in [4.69, 9.17) is 23.2 Å². The van der Waals surface area contributed by atoms with Gasteiger partial charge in [-0.3, -0.25) is 0 Å². The highest BCUT2D eigenvalue weighted by Gasteiger charge is 2.03. The zero-order valence-electron chi connectivity index (χ0n) is 8.48. The molecule has 1 unspecified atom stereocenters. The molecular formula is C11H15Cl2N. The van der Waals surface area contributed by atoms with Gasteiger partial charge in [0, 0.05) is 16.1 Å². The summed E-state index contributed by atoms with van der Waals surface area (Å²) in [7, 11) is 1.97. The molecule has 3 heteroatoms. The summed E-state index contributed by atoms with van der Waals surface area (Å²) in [4.78, 5) is 0. The van der Waals surface area contributed by atoms with Crippen LogP contribution in [0.4, 0.5) is 0 Å². The molecule has 1 aromatic rings. The molecule has 0 amide bonds. The molecule has 0 bridgehead atoms. The van der Waals surface area contributed by atoms with Crippen LogP contribution >= 0.6 is 23.2 Å². The van der Waals surface area contributed by atoms with Gasteiger partial charge in [-0.15, -0.1) is 0 Å². The first kappa shape index (κ1) is 11.8. The van der Waals surface area contributed by atoms with Crippen molar-refractivity contribution < 1.29 is 0 Å². The minimum atomic E-state index is 0.516. The van der Waals surface area contributed by atoms with E-state index in [1.807, 2.05) is 19.2 Å². The third-order valence-corrected chi connectivity index (χ3v) is 2.94. The van der Waals surface area contributed by atoms with Gasteiger partial charge in [0.15, 0.2) is 0 Å². The maximum Gasteiger partial charge on any atom is 0.0452 e. The number of nitrogens with one attached hydrogen (secondary N) is 1. The molecule has 1 nitrogen and oxygen atoms in total. The molecule has 14 heavy (non-hydrogen) atoms. The van der Waals surface area contributed by atoms with Crippen LogP contribution in [0.15, 0.2) is 18.2 Å². The number of hydrogen-bond acceptors (Lipinski definition) is 1. The molecule has 1 N–H and O–H groups in total. The fourth-order valence-electron chi connectivity index (χ4n) is 1.24. The second-order valence-electron chi connectivity index (χ2n) is 3.46. The van der Waals surface area contributed by atoms with Gasteiger partial charge in [0.25, 0.3) is 0 Å². The van der Waals surface area contributed by atoms with Gasteiger partial charge in [-0.05, 0) is 44.5 Å². The average molecular weight is 232 g/mol. The summed E-state index contributed by atoms with van der Waals surface area (Å²) in [5.74, 6) is 0. The lowest BCUT2D eigenvalue weighted by Gasteiger charge is -2.10. The number of benzene rings is 1. The van der Waals surface area contributed by atoms with Crippen LogP contribution in [-0.4, -0.2) is 13.1 Å². The van der Waals surface area contributed by atoms with Gasteiger partial charge in [0.2, 0.25) is 0 Å². The van der Waals surface area contributed by atoms with Crippen molar-refractivity contribution in [1.82, 2.24) is 5.32 Å². The highest BCUT2D eigenvalue weighted by molar-refractivity contribution is 6.35. The van der Waals surface area contributed by atoms with Gasteiger partial charge in [-0.2, -0.15) is 0 Å². The fraction of sp³-hybridized carbons (Fsp3) is 0.455. The smallest absolute Gasteiger partial charge is 0.0452 e. The van der Waals surface area contributed by atoms with Crippen molar-refractivity contribution in [3.05, 3.63) is 33.8 Å². The highest BCUT2D eigenvalue weighted by atomic mass is 35.5. The first-order valence-electron chi connectivity index (χ1n) is 4.74. The Bertz CT molecular complexity index is 299. The average Bonchev–Trinajstić information content (AvgIpc) is 2.16. The minimum absolute atomic E-state index is 0.516. The molecule has 0 fully saturated rings. The molecule has 0 aliphatic rings. The van der Waals surface area contributed by atoms with Crippen molar-refractivity contribution in [2.75, 3.05) is 7.05 Å². The van der Waals surface area contributed by atoms with E-state index in [1.54, 1.807) is 6.07 Å². The fourth-order valence-corrected chi connectivity index (χ4v) is 1.74. The molecule has 0 saturated heterocycles. The normalized spacial score (nSPS) is 12.9. The zero-order chi connectivity index (χ0) is 10.6. The topological polar surface area (TPSA) is 12.0 Å². The van der Waals surface area contributed by atoms with Crippen molar-refractivity contribution in [1.29, 1.82) is 0 Å². The lowest BCUT2D eigenvalue weighted by Crippen LogP contribution is -2.21. The number of hydrogen-bond donors (Lipinski definition) is 1. The summed E-state index contributed by atoms with van der Waals surface area (Å²) >= 11 is 11.9. The standard InChI is InChI=1S/C11H15Cl2N/c1-8(14-2)3-4-9-5-6-10(12)7-11(9)13/h5-8,14H,3-4H2,1-2H3. The first-order chi connectivity index (χ1) is 6.63. The predicted molar refractivity (Wildman–Crippen MR) is 63.3 cm³/mol. The molecule has 1 rings (SSSR count). The quantitative estimate of drug-likeness (QED) is 0.837. The van der Waals surface area contributed by atoms with Crippen LogP contribution in [-0.2, 0) is 6.42 Å². The Morgan fingerprint density at radius 2 is 2.07 bits per heavy atom. The van der Waals surface area contributed by atoms with Crippen molar-refractivity contribution in [3.63, 3.8) is 0 Å². The molecule has 78 valence electrons. The Kier molecular flexibility index (Phi) is 4.73. The van der Waals surface area contributed by atoms with Crippen molar-refractivity contribution in [3.8, 4) is 0 Å². The van der Waals surface area contributed by atoms with E-state index < -0.39 is 0 Å². The van der Waals surface area contributed by atoms with E-state index >= 15 is 0 Å². The van der Waals surface area contributed by atoms with Crippen LogP contribution in [0.3, 0.4) is 0 Å². The van der Waals surface area contributed by atoms with Crippen LogP contribution in [0, 0.1) is 0 Å². The Balaban J connectivity index is 2.59. The summed E-state index contributed by atoms with van der Waals surface area (Å²) in [5.41, 5.74) is 1.16. The SMILES string of the molecule is CNC(C)CCc1ccc(Cl)cc1Cl. The number of rotatable bonds is 4. The van der Waals surface area contributed by atoms with Gasteiger partial charge < -0.3 is 5.32 Å². The van der Waals surface area contributed by atoms with Crippen LogP contribution in [0.5, 0.6) is 0 Å². The lowest BCUT2D eigenvalue weighted by molar-refractivity contribution is 0.565. The lowest BCUT2D eigenvalue weighted by atomic mass is 10.1. The van der Waals surface area contributed by atoms with Gasteiger partial charge in [0.05, 0.1) is 0 Å². The van der Waals surface area contributed by atoms with E-state index in [2.05, 4.69) is 12.2 Å². The molecule has 0 spiro atoms. The zero-order valence-corrected chi connectivity index (χ0v) is 9.99. The molecule has 0 radical (unpaired) electrons. The van der Waals surface area contributed by atoms with Gasteiger partial charge in [-0.25, -0.2) is 0 Å². The minimum Gasteiger partial charge on any atom is -0.317 e. The van der Waals surface area contributed by atoms with Gasteiger partial charge in [-0.1, -0.05) is 29.3 Å². The number of halogens is 2. The molecule has 0 aliphatic carbocycles. The van der Waals surface area contributed by atoms with Crippen molar-refractivity contribution in [2.45, 2.75) is 25.8 Å². The molecule has 0 heterocycles. The van der Waals surface area contributed by atoms with E-state index in [9.17, 15) is 0 Å². The summed E-state index contributed by atoms with van der Waals surface area (Å²) in [5, 5.41) is 4.66. The summed E-state index contributed by atoms with van der Waals surface area (Å²) in [6, 6.07) is 6.18. The third-order valence-electron chi connectivity index (χ3n) is 2.35. The Hall–Kier alpha value is -0.240. The van der Waals surface area contributed by atoms with Crippen molar-refractivity contribution >= 4 is 23.2 Å². The molecule has 1 aromatic carbocycles. The van der Waals surface area contributed by atoms with Gasteiger partial charge >= 0.3 is 0 Å². The van der Waals surface area contributed by atoms with Crippen LogP contribution in [0.25, 0.3) is 0 Å². The third kappa shape index (κ3) is 3.49. The maximum absolute atomic E-state index is 6.05. The molecular weight excluding hydrogens is 217 g/mol. The first-order valence-corrected chi connectivity index (χ1v) is 5.50. The van der Waals surface area contributed by atoms with Gasteiger partial charge in [0.1, 0.15) is 0 Å². The second-order valence-corrected chi connectivity index (χ2v) is 4.31. The molecule has 1 atom stereocenters. The summed E-state index contributed by atoms with van der Waals surface area (Å²) in [6.45, 7) is 2.16. The molecule has 0 aliphatic heterocycles. The molecule has 0 aromatic heterocycles. The second kappa shape index (κ2) is 5.59. The van der Waals surface area contributed by atoms with Crippen LogP contribution < -0.4 is 5.32 Å². The predicted octanol–water partition coefficient (Wildman–Crippen LogP) is 3.53. The summed E-state index contributed by atoms with van der Waals surface area (Å²) in [6.07, 6.45) is 2.07. The van der Waals surface area contributed by atoms with E-state index in [-0.39, 0.29) is 0 Å². The number of aryl methyl sites for hydroxylation is 1. The largest absolute Gasteiger partial charge is 0.317 e. The highest BCUT2D eigenvalue weighted by Crippen LogP contribution is 2.22. The van der Waals surface area contributed by atoms with Crippen molar-refractivity contribution in [2.24, 2.45) is 0 Å². The summed E-state index contributed by atoms with van der Waals surface area (Å²) < 4.78 is 0. The van der Waals surface area contributed by atoms with Crippen LogP contribution in [0.2, 0.25) is 10.0 Å². The monoisotopic (exact) mass is 231 g/mol. The Morgan fingerprint density at radius 1 is 1.36 bits per heavy atom. The van der Waals surface area contributed by atoms with E-state index in [1.165, 1.54) is 0 Å². The van der Waals surface area contributed by atoms with Crippen LogP contribution in [0.1, 0.15) is 18.9 Å². The van der Waals surface area contributed by atoms with E-state index in [0.717, 1.165) is 23.4 Å². The van der Waals surface area contributed by atoms with E-state index in [0.29, 0.717) is 11.1 Å². The Morgan fingerprint density at radius 3 is 2.64 bits per heavy atom.